The van der Waals surface area contributed by atoms with E-state index in [1.807, 2.05) is 23.1 Å². The van der Waals surface area contributed by atoms with Crippen LogP contribution in [0.15, 0.2) is 41.8 Å². The smallest absolute Gasteiger partial charge is 0.253 e. The number of thioether (sulfide) groups is 1. The fourth-order valence-corrected chi connectivity index (χ4v) is 3.67. The maximum atomic E-state index is 12.7. The summed E-state index contributed by atoms with van der Waals surface area (Å²) in [5.74, 6) is 0.712. The molecular formula is C19H27NO2S. The molecule has 1 aliphatic rings. The molecule has 0 aliphatic carbocycles. The molecule has 1 saturated heterocycles. The molecule has 0 N–H and O–H groups in total. The third-order valence-electron chi connectivity index (χ3n) is 3.94. The van der Waals surface area contributed by atoms with Crippen LogP contribution in [0.4, 0.5) is 0 Å². The molecule has 0 bridgehead atoms. The standard InChI is InChI=1S/C19H27NO2S/c1-4-12-22-14-16-8-10-20(11-9-16)19(21)17-6-5-7-18(13-17)23-15(2)3/h4-7,13,15-16H,1,8-12,14H2,2-3H3. The summed E-state index contributed by atoms with van der Waals surface area (Å²) >= 11 is 1.79. The molecular weight excluding hydrogens is 306 g/mol. The molecule has 0 atom stereocenters. The molecule has 1 heterocycles. The number of piperidine rings is 1. The number of hydrogen-bond acceptors (Lipinski definition) is 3. The number of benzene rings is 1. The first-order valence-electron chi connectivity index (χ1n) is 8.34. The highest BCUT2D eigenvalue weighted by molar-refractivity contribution is 7.99. The van der Waals surface area contributed by atoms with Gasteiger partial charge in [-0.2, -0.15) is 0 Å². The molecule has 23 heavy (non-hydrogen) atoms. The summed E-state index contributed by atoms with van der Waals surface area (Å²) < 4.78 is 5.53. The SMILES string of the molecule is C=CCOCC1CCN(C(=O)c2cccc(SC(C)C)c2)CC1. The Kier molecular flexibility index (Phi) is 7.18. The van der Waals surface area contributed by atoms with E-state index in [9.17, 15) is 4.79 Å². The summed E-state index contributed by atoms with van der Waals surface area (Å²) in [6, 6.07) is 8.00. The minimum atomic E-state index is 0.154. The summed E-state index contributed by atoms with van der Waals surface area (Å²) in [6.45, 7) is 11.0. The average Bonchev–Trinajstić information content (AvgIpc) is 2.55. The van der Waals surface area contributed by atoms with E-state index < -0.39 is 0 Å². The topological polar surface area (TPSA) is 29.5 Å². The molecule has 0 aromatic heterocycles. The zero-order chi connectivity index (χ0) is 16.7. The Balaban J connectivity index is 1.88. The quantitative estimate of drug-likeness (QED) is 0.424. The first kappa shape index (κ1) is 18.1. The molecule has 1 aliphatic heterocycles. The summed E-state index contributed by atoms with van der Waals surface area (Å²) in [7, 11) is 0. The lowest BCUT2D eigenvalue weighted by atomic mass is 9.97. The Bertz CT molecular complexity index is 522. The number of ether oxygens (including phenoxy) is 1. The van der Waals surface area contributed by atoms with Gasteiger partial charge in [0.15, 0.2) is 0 Å². The zero-order valence-electron chi connectivity index (χ0n) is 14.2. The summed E-state index contributed by atoms with van der Waals surface area (Å²) in [4.78, 5) is 15.8. The van der Waals surface area contributed by atoms with Crippen LogP contribution in [0.2, 0.25) is 0 Å². The predicted molar refractivity (Wildman–Crippen MR) is 97.1 cm³/mol. The van der Waals surface area contributed by atoms with E-state index in [-0.39, 0.29) is 5.91 Å². The van der Waals surface area contributed by atoms with Crippen LogP contribution in [0.25, 0.3) is 0 Å². The van der Waals surface area contributed by atoms with Gasteiger partial charge in [-0.05, 0) is 37.0 Å². The zero-order valence-corrected chi connectivity index (χ0v) is 15.0. The van der Waals surface area contributed by atoms with E-state index in [1.165, 1.54) is 4.90 Å². The minimum Gasteiger partial charge on any atom is -0.377 e. The Hall–Kier alpha value is -1.26. The molecule has 0 radical (unpaired) electrons. The van der Waals surface area contributed by atoms with Crippen LogP contribution >= 0.6 is 11.8 Å². The van der Waals surface area contributed by atoms with Gasteiger partial charge in [-0.3, -0.25) is 4.79 Å². The average molecular weight is 333 g/mol. The van der Waals surface area contributed by atoms with Gasteiger partial charge in [0, 0.05) is 35.4 Å². The van der Waals surface area contributed by atoms with Crippen molar-refractivity contribution < 1.29 is 9.53 Å². The van der Waals surface area contributed by atoms with Crippen LogP contribution in [-0.2, 0) is 4.74 Å². The number of likely N-dealkylation sites (tertiary alicyclic amines) is 1. The van der Waals surface area contributed by atoms with Crippen molar-refractivity contribution in [2.24, 2.45) is 5.92 Å². The van der Waals surface area contributed by atoms with E-state index in [0.29, 0.717) is 17.8 Å². The summed E-state index contributed by atoms with van der Waals surface area (Å²) in [5, 5.41) is 0.520. The van der Waals surface area contributed by atoms with Gasteiger partial charge in [-0.15, -0.1) is 18.3 Å². The number of carbonyl (C=O) groups is 1. The van der Waals surface area contributed by atoms with E-state index >= 15 is 0 Å². The van der Waals surface area contributed by atoms with Crippen LogP contribution in [-0.4, -0.2) is 42.4 Å². The van der Waals surface area contributed by atoms with Gasteiger partial charge in [0.1, 0.15) is 0 Å². The largest absolute Gasteiger partial charge is 0.377 e. The molecule has 0 unspecified atom stereocenters. The molecule has 1 amide bonds. The van der Waals surface area contributed by atoms with Gasteiger partial charge in [0.25, 0.3) is 5.91 Å². The third kappa shape index (κ3) is 5.70. The van der Waals surface area contributed by atoms with E-state index in [4.69, 9.17) is 4.74 Å². The highest BCUT2D eigenvalue weighted by Gasteiger charge is 2.23. The highest BCUT2D eigenvalue weighted by atomic mass is 32.2. The molecule has 2 rings (SSSR count). The van der Waals surface area contributed by atoms with Crippen LogP contribution in [0.1, 0.15) is 37.0 Å². The molecule has 0 spiro atoms. The Labute approximate surface area is 144 Å². The first-order valence-corrected chi connectivity index (χ1v) is 9.22. The second kappa shape index (κ2) is 9.14. The maximum Gasteiger partial charge on any atom is 0.253 e. The van der Waals surface area contributed by atoms with E-state index in [2.05, 4.69) is 26.5 Å². The summed E-state index contributed by atoms with van der Waals surface area (Å²) in [5.41, 5.74) is 0.803. The third-order valence-corrected chi connectivity index (χ3v) is 4.94. The number of hydrogen-bond donors (Lipinski definition) is 0. The molecule has 3 nitrogen and oxygen atoms in total. The van der Waals surface area contributed by atoms with Crippen molar-refractivity contribution in [3.05, 3.63) is 42.5 Å². The first-order chi connectivity index (χ1) is 11.1. The van der Waals surface area contributed by atoms with Gasteiger partial charge in [-0.25, -0.2) is 0 Å². The normalized spacial score (nSPS) is 15.9. The van der Waals surface area contributed by atoms with Gasteiger partial charge < -0.3 is 9.64 Å². The Morgan fingerprint density at radius 1 is 1.43 bits per heavy atom. The second-order valence-corrected chi connectivity index (χ2v) is 7.91. The fraction of sp³-hybridized carbons (Fsp3) is 0.526. The highest BCUT2D eigenvalue weighted by Crippen LogP contribution is 2.25. The molecule has 4 heteroatoms. The van der Waals surface area contributed by atoms with Crippen LogP contribution in [0, 0.1) is 5.92 Å². The Morgan fingerprint density at radius 3 is 2.83 bits per heavy atom. The molecule has 1 aromatic carbocycles. The number of amides is 1. The lowest BCUT2D eigenvalue weighted by Crippen LogP contribution is -2.39. The van der Waals surface area contributed by atoms with E-state index in [0.717, 1.165) is 38.1 Å². The van der Waals surface area contributed by atoms with Crippen LogP contribution in [0.5, 0.6) is 0 Å². The second-order valence-electron chi connectivity index (χ2n) is 6.26. The monoisotopic (exact) mass is 333 g/mol. The maximum absolute atomic E-state index is 12.7. The summed E-state index contributed by atoms with van der Waals surface area (Å²) in [6.07, 6.45) is 3.81. The molecule has 1 aromatic rings. The fourth-order valence-electron chi connectivity index (χ4n) is 2.78. The van der Waals surface area contributed by atoms with Crippen LogP contribution in [0.3, 0.4) is 0 Å². The van der Waals surface area contributed by atoms with Gasteiger partial charge in [0.2, 0.25) is 0 Å². The lowest BCUT2D eigenvalue weighted by Gasteiger charge is -2.32. The van der Waals surface area contributed by atoms with Crippen molar-refractivity contribution in [2.45, 2.75) is 36.8 Å². The van der Waals surface area contributed by atoms with Crippen molar-refractivity contribution >= 4 is 17.7 Å². The number of nitrogens with zero attached hydrogens (tertiary/aromatic N) is 1. The van der Waals surface area contributed by atoms with Crippen molar-refractivity contribution in [3.63, 3.8) is 0 Å². The van der Waals surface area contributed by atoms with Crippen molar-refractivity contribution in [1.82, 2.24) is 4.90 Å². The molecule has 0 saturated carbocycles. The minimum absolute atomic E-state index is 0.154. The van der Waals surface area contributed by atoms with Crippen molar-refractivity contribution in [3.8, 4) is 0 Å². The lowest BCUT2D eigenvalue weighted by molar-refractivity contribution is 0.0575. The van der Waals surface area contributed by atoms with Crippen molar-refractivity contribution in [2.75, 3.05) is 26.3 Å². The van der Waals surface area contributed by atoms with Crippen molar-refractivity contribution in [1.29, 1.82) is 0 Å². The Morgan fingerprint density at radius 2 is 2.17 bits per heavy atom. The molecule has 1 fully saturated rings. The van der Waals surface area contributed by atoms with Crippen LogP contribution < -0.4 is 0 Å². The number of carbonyl (C=O) groups excluding carboxylic acids is 1. The van der Waals surface area contributed by atoms with Gasteiger partial charge in [0.05, 0.1) is 6.61 Å². The van der Waals surface area contributed by atoms with Gasteiger partial charge >= 0.3 is 0 Å². The predicted octanol–water partition coefficient (Wildman–Crippen LogP) is 4.24. The number of rotatable bonds is 7. The van der Waals surface area contributed by atoms with E-state index in [1.54, 1.807) is 17.8 Å². The molecule has 126 valence electrons. The van der Waals surface area contributed by atoms with Gasteiger partial charge in [-0.1, -0.05) is 26.0 Å².